The monoisotopic (exact) mass is 605 g/mol. The summed E-state index contributed by atoms with van der Waals surface area (Å²) >= 11 is 3.50. The molecule has 0 saturated carbocycles. The van der Waals surface area contributed by atoms with E-state index >= 15 is 0 Å². The van der Waals surface area contributed by atoms with Gasteiger partial charge in [-0.2, -0.15) is 0 Å². The number of amides is 3. The van der Waals surface area contributed by atoms with E-state index < -0.39 is 23.8 Å². The Morgan fingerprint density at radius 3 is 2.35 bits per heavy atom. The van der Waals surface area contributed by atoms with Crippen LogP contribution in [-0.2, 0) is 14.3 Å². The molecule has 2 atom stereocenters. The highest BCUT2D eigenvalue weighted by Gasteiger charge is 2.32. The average molecular weight is 607 g/mol. The fourth-order valence-electron chi connectivity index (χ4n) is 4.74. The van der Waals surface area contributed by atoms with Gasteiger partial charge in [0.25, 0.3) is 0 Å². The van der Waals surface area contributed by atoms with Crippen molar-refractivity contribution < 1.29 is 19.1 Å². The third kappa shape index (κ3) is 7.72. The van der Waals surface area contributed by atoms with Crippen LogP contribution in [0.25, 0.3) is 11.1 Å². The Bertz CT molecular complexity index is 1350. The number of aryl methyl sites for hydroxylation is 1. The molecule has 1 aliphatic rings. The van der Waals surface area contributed by atoms with Crippen molar-refractivity contribution in [3.8, 4) is 11.1 Å². The molecule has 3 aromatic carbocycles. The summed E-state index contributed by atoms with van der Waals surface area (Å²) in [6.45, 7) is 7.94. The summed E-state index contributed by atoms with van der Waals surface area (Å²) < 4.78 is 6.44. The van der Waals surface area contributed by atoms with E-state index in [9.17, 15) is 14.4 Å². The van der Waals surface area contributed by atoms with Crippen LogP contribution >= 0.6 is 15.9 Å². The number of halogens is 1. The minimum absolute atomic E-state index is 0.0366. The number of piperidine rings is 1. The molecular formula is C32H36BrN3O4. The van der Waals surface area contributed by atoms with Crippen LogP contribution in [0.15, 0.2) is 77.3 Å². The molecule has 1 aliphatic heterocycles. The first-order valence-electron chi connectivity index (χ1n) is 13.5. The van der Waals surface area contributed by atoms with Crippen molar-refractivity contribution in [2.45, 2.75) is 64.6 Å². The van der Waals surface area contributed by atoms with Gasteiger partial charge in [0, 0.05) is 16.7 Å². The van der Waals surface area contributed by atoms with Gasteiger partial charge < -0.3 is 20.3 Å². The lowest BCUT2D eigenvalue weighted by atomic mass is 9.98. The molecule has 1 saturated heterocycles. The first kappa shape index (κ1) is 29.3. The van der Waals surface area contributed by atoms with E-state index in [0.29, 0.717) is 13.0 Å². The van der Waals surface area contributed by atoms with Crippen molar-refractivity contribution in [3.63, 3.8) is 0 Å². The number of carbonyl (C=O) groups excluding carboxylic acids is 3. The predicted molar refractivity (Wildman–Crippen MR) is 161 cm³/mol. The van der Waals surface area contributed by atoms with Crippen LogP contribution in [0.4, 0.5) is 10.5 Å². The second-order valence-electron chi connectivity index (χ2n) is 11.1. The maximum Gasteiger partial charge on any atom is 0.408 e. The van der Waals surface area contributed by atoms with Gasteiger partial charge in [-0.25, -0.2) is 4.79 Å². The summed E-state index contributed by atoms with van der Waals surface area (Å²) in [5.74, 6) is -0.453. The molecule has 1 heterocycles. The van der Waals surface area contributed by atoms with Gasteiger partial charge in [-0.1, -0.05) is 70.5 Å². The molecule has 8 heteroatoms. The van der Waals surface area contributed by atoms with Crippen LogP contribution < -0.4 is 15.5 Å². The number of benzene rings is 3. The van der Waals surface area contributed by atoms with E-state index in [1.807, 2.05) is 79.7 Å². The number of hydrogen-bond donors (Lipinski definition) is 2. The van der Waals surface area contributed by atoms with E-state index in [1.165, 1.54) is 0 Å². The normalized spacial score (nSPS) is 16.3. The smallest absolute Gasteiger partial charge is 0.408 e. The molecule has 1 fully saturated rings. The number of carbonyl (C=O) groups is 3. The van der Waals surface area contributed by atoms with Gasteiger partial charge in [0.2, 0.25) is 11.8 Å². The zero-order chi connectivity index (χ0) is 28.9. The molecule has 210 valence electrons. The molecule has 1 unspecified atom stereocenters. The third-order valence-corrected chi connectivity index (χ3v) is 7.62. The quantitative estimate of drug-likeness (QED) is 0.314. The summed E-state index contributed by atoms with van der Waals surface area (Å²) in [6, 6.07) is 22.2. The molecule has 0 aliphatic carbocycles. The molecule has 0 bridgehead atoms. The Kier molecular flexibility index (Phi) is 9.30. The molecule has 3 aromatic rings. The van der Waals surface area contributed by atoms with Crippen molar-refractivity contribution >= 4 is 39.5 Å². The summed E-state index contributed by atoms with van der Waals surface area (Å²) in [5.41, 5.74) is 4.03. The van der Waals surface area contributed by atoms with Crippen molar-refractivity contribution in [2.75, 3.05) is 11.4 Å². The van der Waals surface area contributed by atoms with Crippen LogP contribution in [-0.4, -0.2) is 36.1 Å². The van der Waals surface area contributed by atoms with Crippen LogP contribution in [0.1, 0.15) is 57.2 Å². The molecule has 0 spiro atoms. The van der Waals surface area contributed by atoms with Gasteiger partial charge >= 0.3 is 6.09 Å². The van der Waals surface area contributed by atoms with Crippen LogP contribution in [0.2, 0.25) is 0 Å². The van der Waals surface area contributed by atoms with E-state index in [4.69, 9.17) is 4.74 Å². The molecule has 4 rings (SSSR count). The van der Waals surface area contributed by atoms with Gasteiger partial charge in [-0.15, -0.1) is 0 Å². The molecule has 2 N–H and O–H groups in total. The highest BCUT2D eigenvalue weighted by Crippen LogP contribution is 2.27. The summed E-state index contributed by atoms with van der Waals surface area (Å²) in [6.07, 6.45) is 0.687. The predicted octanol–water partition coefficient (Wildman–Crippen LogP) is 6.69. The molecule has 0 aromatic heterocycles. The second kappa shape index (κ2) is 12.7. The Morgan fingerprint density at radius 1 is 1.02 bits per heavy atom. The van der Waals surface area contributed by atoms with Gasteiger partial charge in [0.05, 0.1) is 12.5 Å². The maximum atomic E-state index is 13.3. The second-order valence-corrected chi connectivity index (χ2v) is 11.9. The first-order valence-corrected chi connectivity index (χ1v) is 14.3. The average Bonchev–Trinajstić information content (AvgIpc) is 2.91. The zero-order valence-electron chi connectivity index (χ0n) is 23.4. The van der Waals surface area contributed by atoms with Crippen LogP contribution in [0.5, 0.6) is 0 Å². The lowest BCUT2D eigenvalue weighted by Gasteiger charge is -2.33. The molecule has 3 amide bonds. The van der Waals surface area contributed by atoms with E-state index in [2.05, 4.69) is 26.6 Å². The van der Waals surface area contributed by atoms with Gasteiger partial charge in [-0.3, -0.25) is 9.59 Å². The number of anilines is 1. The fourth-order valence-corrected chi connectivity index (χ4v) is 4.99. The minimum Gasteiger partial charge on any atom is -0.444 e. The first-order chi connectivity index (χ1) is 19.0. The number of rotatable bonds is 7. The Balaban J connectivity index is 1.48. The fraction of sp³-hybridized carbons (Fsp3) is 0.344. The Labute approximate surface area is 244 Å². The maximum absolute atomic E-state index is 13.3. The number of nitrogens with one attached hydrogen (secondary N) is 2. The summed E-state index contributed by atoms with van der Waals surface area (Å²) in [4.78, 5) is 41.0. The van der Waals surface area contributed by atoms with E-state index in [-0.39, 0.29) is 18.2 Å². The minimum atomic E-state index is -0.683. The Morgan fingerprint density at radius 2 is 1.70 bits per heavy atom. The number of alkyl carbamates (subject to hydrolysis) is 1. The number of nitrogens with zero attached hydrogens (tertiary/aromatic N) is 1. The van der Waals surface area contributed by atoms with Crippen LogP contribution in [0.3, 0.4) is 0 Å². The molecule has 0 radical (unpaired) electrons. The van der Waals surface area contributed by atoms with Gasteiger partial charge in [-0.05, 0) is 81.0 Å². The number of ether oxygens (including phenoxy) is 1. The third-order valence-electron chi connectivity index (χ3n) is 6.73. The van der Waals surface area contributed by atoms with Crippen molar-refractivity contribution in [2.24, 2.45) is 0 Å². The summed E-state index contributed by atoms with van der Waals surface area (Å²) in [7, 11) is 0. The standard InChI is InChI=1S/C32H36BrN3O4/c1-21-19-25(16-17-26(21)33)36-18-8-11-27(30(36)38)34-29(37)20-28(35-31(39)40-32(2,3)4)24-14-12-23(13-15-24)22-9-6-5-7-10-22/h5-7,9-10,12-17,19,27-28H,8,11,18,20H2,1-4H3,(H,34,37)(H,35,39)/t27?,28-/m0/s1. The largest absolute Gasteiger partial charge is 0.444 e. The molecule has 40 heavy (non-hydrogen) atoms. The van der Waals surface area contributed by atoms with E-state index in [1.54, 1.807) is 25.7 Å². The van der Waals surface area contributed by atoms with Crippen molar-refractivity contribution in [1.29, 1.82) is 0 Å². The SMILES string of the molecule is Cc1cc(N2CCCC(NC(=O)C[C@H](NC(=O)OC(C)(C)C)c3ccc(-c4ccccc4)cc3)C2=O)ccc1Br. The van der Waals surface area contributed by atoms with Crippen LogP contribution in [0, 0.1) is 6.92 Å². The van der Waals surface area contributed by atoms with Gasteiger partial charge in [0.1, 0.15) is 11.6 Å². The highest BCUT2D eigenvalue weighted by atomic mass is 79.9. The molecular weight excluding hydrogens is 570 g/mol. The van der Waals surface area contributed by atoms with Crippen molar-refractivity contribution in [1.82, 2.24) is 10.6 Å². The lowest BCUT2D eigenvalue weighted by Crippen LogP contribution is -2.53. The zero-order valence-corrected chi connectivity index (χ0v) is 25.0. The number of hydrogen-bond acceptors (Lipinski definition) is 4. The van der Waals surface area contributed by atoms with E-state index in [0.717, 1.165) is 38.8 Å². The summed E-state index contributed by atoms with van der Waals surface area (Å²) in [5, 5.41) is 5.77. The topological polar surface area (TPSA) is 87.7 Å². The lowest BCUT2D eigenvalue weighted by molar-refractivity contribution is -0.128. The molecule has 7 nitrogen and oxygen atoms in total. The highest BCUT2D eigenvalue weighted by molar-refractivity contribution is 9.10. The van der Waals surface area contributed by atoms with Gasteiger partial charge in [0.15, 0.2) is 0 Å². The Hall–Kier alpha value is -3.65. The van der Waals surface area contributed by atoms with Crippen molar-refractivity contribution in [3.05, 3.63) is 88.4 Å².